The van der Waals surface area contributed by atoms with E-state index in [-0.39, 0.29) is 138 Å². The van der Waals surface area contributed by atoms with Crippen LogP contribution in [0.3, 0.4) is 0 Å². The summed E-state index contributed by atoms with van der Waals surface area (Å²) in [5.41, 5.74) is -4.04. The topological polar surface area (TPSA) is 314 Å². The fraction of sp³-hybridized carbons (Fsp3) is 0.447. The molecule has 618 valence electrons. The van der Waals surface area contributed by atoms with Crippen molar-refractivity contribution < 1.29 is 124 Å². The molecule has 7 atom stereocenters. The summed E-state index contributed by atoms with van der Waals surface area (Å²) < 4.78 is 197. The summed E-state index contributed by atoms with van der Waals surface area (Å²) in [5, 5.41) is 18.9. The molecule has 0 aromatic heterocycles. The van der Waals surface area contributed by atoms with Crippen molar-refractivity contribution in [1.29, 1.82) is 0 Å². The van der Waals surface area contributed by atoms with E-state index >= 15 is 0 Å². The van der Waals surface area contributed by atoms with E-state index in [1.165, 1.54) is 32.0 Å². The number of carbonyl (C=O) groups excluding carboxylic acids is 6. The van der Waals surface area contributed by atoms with E-state index < -0.39 is 92.9 Å². The average molecular weight is 1720 g/mol. The Morgan fingerprint density at radius 1 is 0.588 bits per heavy atom. The van der Waals surface area contributed by atoms with Gasteiger partial charge in [-0.1, -0.05) is 89.0 Å². The molecule has 0 bridgehead atoms. The Bertz CT molecular complexity index is 4550. The first kappa shape index (κ1) is 92.9. The van der Waals surface area contributed by atoms with Crippen molar-refractivity contribution in [3.63, 3.8) is 0 Å². The van der Waals surface area contributed by atoms with E-state index in [0.717, 1.165) is 52.5 Å². The number of halogens is 12. The lowest BCUT2D eigenvalue weighted by Gasteiger charge is -2.36. The summed E-state index contributed by atoms with van der Waals surface area (Å²) in [4.78, 5) is 69.9. The summed E-state index contributed by atoms with van der Waals surface area (Å²) in [7, 11) is -6.25. The number of rotatable bonds is 24. The normalized spacial score (nSPS) is 19.9. The fourth-order valence-electron chi connectivity index (χ4n) is 10.5. The monoisotopic (exact) mass is 1720 g/mol. The molecule has 114 heavy (non-hydrogen) atoms. The molecule has 3 saturated carbocycles. The first-order valence-corrected chi connectivity index (χ1v) is 42.1. The van der Waals surface area contributed by atoms with Crippen LogP contribution in [0.1, 0.15) is 99.6 Å². The zero-order valence-corrected chi connectivity index (χ0v) is 67.2. The third-order valence-corrected chi connectivity index (χ3v) is 21.4. The maximum atomic E-state index is 14.3. The highest BCUT2D eigenvalue weighted by molar-refractivity contribution is 7.54. The number of hydrogen-bond acceptors (Lipinski definition) is 20. The largest absolute Gasteiger partial charge is 0.464 e. The van der Waals surface area contributed by atoms with Crippen molar-refractivity contribution in [2.75, 3.05) is 81.1 Å². The number of esters is 2. The number of carbonyl (C=O) groups is 6. The number of anilines is 3. The number of aliphatic hydroxyl groups excluding tert-OH is 1. The molecule has 23 nitrogen and oxygen atoms in total. The Balaban J connectivity index is 0.000000218. The fourth-order valence-corrected chi connectivity index (χ4v) is 14.5. The van der Waals surface area contributed by atoms with E-state index in [4.69, 9.17) is 77.9 Å². The van der Waals surface area contributed by atoms with E-state index in [2.05, 4.69) is 79.6 Å². The quantitative estimate of drug-likeness (QED) is 0.00636. The molecule has 5 aromatic carbocycles. The Kier molecular flexibility index (Phi) is 33.4. The number of amides is 3. The minimum Gasteiger partial charge on any atom is -0.464 e. The zero-order chi connectivity index (χ0) is 84.0. The molecule has 2 unspecified atom stereocenters. The third kappa shape index (κ3) is 25.4. The van der Waals surface area contributed by atoms with Crippen LogP contribution < -0.4 is 36.0 Å². The van der Waals surface area contributed by atoms with Crippen LogP contribution in [-0.2, 0) is 92.3 Å². The van der Waals surface area contributed by atoms with Crippen molar-refractivity contribution in [2.45, 2.75) is 133 Å². The Morgan fingerprint density at radius 2 is 0.921 bits per heavy atom. The van der Waals surface area contributed by atoms with Crippen molar-refractivity contribution in [2.24, 2.45) is 23.5 Å². The molecule has 0 radical (unpaired) electrons. The maximum absolute atomic E-state index is 14.3. The van der Waals surface area contributed by atoms with Gasteiger partial charge in [-0.25, -0.2) is 33.1 Å². The first-order valence-electron chi connectivity index (χ1n) is 35.5. The highest BCUT2D eigenvalue weighted by atomic mass is 35.5. The second-order valence-electron chi connectivity index (χ2n) is 25.8. The Hall–Kier alpha value is -8.27. The van der Waals surface area contributed by atoms with Crippen molar-refractivity contribution in [1.82, 2.24) is 5.32 Å². The van der Waals surface area contributed by atoms with Crippen LogP contribution in [0.5, 0.6) is 11.5 Å². The van der Waals surface area contributed by atoms with Crippen molar-refractivity contribution in [3.05, 3.63) is 146 Å². The predicted molar refractivity (Wildman–Crippen MR) is 409 cm³/mol. The van der Waals surface area contributed by atoms with Crippen LogP contribution in [0, 0.1) is 53.3 Å². The molecule has 5 aromatic rings. The van der Waals surface area contributed by atoms with Crippen molar-refractivity contribution >= 4 is 112 Å². The van der Waals surface area contributed by atoms with Gasteiger partial charge in [0, 0.05) is 75.6 Å². The number of nitrogens with one attached hydrogen (secondary N) is 4. The third-order valence-electron chi connectivity index (χ3n) is 16.5. The smallest absolute Gasteiger partial charge is 0.445 e. The number of nitrogens with two attached hydrogens (primary N) is 1. The van der Waals surface area contributed by atoms with Gasteiger partial charge in [-0.2, -0.15) is 39.5 Å². The van der Waals surface area contributed by atoms with E-state index in [0.29, 0.717) is 47.3 Å². The number of cyclic esters (lactones) is 3. The predicted octanol–water partition coefficient (Wildman–Crippen LogP) is 17.0. The molecule has 38 heteroatoms. The lowest BCUT2D eigenvalue weighted by molar-refractivity contribution is -0.239. The standard InChI is InChI=1S/C29H31ClF3N2O7P.C16H13ClF3NO3.C16H11ClF3NO3.C13H20NO5P.C2H7P/c1-3-39-26(36)19(2)41-43(38,42-22-7-5-4-6-8-22)16-15-34-14-12-21-17-25-23(18-24(21)30)28(29(31,32)33,40-27(37)35-25)13-11-20-9-10-20;2*17-12-8-11-13(7-10(12)4-6-22)21-14(23)24-15(11,16(18,19)20)5-3-9-1-2-9;1-3-17-13(15)11(2)18-20(16,10-9-14)19-12-7-5-4-6-8-12;1-3-2/h4-8,17-20,34H,3,9-10,12,14-16H2,1-2H3,(H,35,37);7-9,22H,1-2,4,6H2,(H,21,23);6-9H,1-2,4H2,(H,21,23);4-8,11H,3,9-10,14H2,1-2H3;3H,1-2H3/t19-,28-,43?;2*15-;11-,20?;/m0000./s1. The summed E-state index contributed by atoms with van der Waals surface area (Å²) in [6.07, 6.45) is -15.7. The molecule has 0 saturated heterocycles. The minimum absolute atomic E-state index is 0.0195. The number of aldehydes is 1. The molecular formula is C76H82Cl3F9N5O18P3. The zero-order valence-electron chi connectivity index (χ0n) is 62.1. The molecular weight excluding hydrogens is 1640 g/mol. The van der Waals surface area contributed by atoms with Gasteiger partial charge >= 0.3 is 63.9 Å². The van der Waals surface area contributed by atoms with Crippen LogP contribution in [0.25, 0.3) is 0 Å². The van der Waals surface area contributed by atoms with Crippen LogP contribution in [-0.4, -0.2) is 137 Å². The summed E-state index contributed by atoms with van der Waals surface area (Å²) in [5.74, 6) is 13.1. The molecule has 7 N–H and O–H groups in total. The lowest BCUT2D eigenvalue weighted by Crippen LogP contribution is -2.49. The SMILES string of the molecule is CCOC(=O)[C@H](C)OP(=O)(CCN)Oc1ccccc1.CCOC(=O)[C@H](C)OP(=O)(CCNCCc1cc2c(cc1Cl)[C@@](C#CC1CC1)(C(F)(F)F)OC(=O)N2)Oc1ccccc1.CPC.O=C1Nc2cc(CCO)c(Cl)cc2[C@@](C#CC2CC2)(C(F)(F)F)O1.O=CCc1cc2c(cc1Cl)[C@@](C#CC1CC1)(C(F)(F)F)OC(=O)N2. The molecule has 0 spiro atoms. The van der Waals surface area contributed by atoms with Crippen LogP contribution >= 0.6 is 58.6 Å². The lowest BCUT2D eigenvalue weighted by atomic mass is 9.89. The number of fused-ring (bicyclic) bond motifs is 3. The van der Waals surface area contributed by atoms with Crippen molar-refractivity contribution in [3.8, 4) is 47.0 Å². The average Bonchev–Trinajstić information content (AvgIpc) is 1.46. The number of ether oxygens (including phenoxy) is 5. The number of para-hydroxylation sites is 2. The molecule has 3 amide bonds. The van der Waals surface area contributed by atoms with E-state index in [9.17, 15) is 77.4 Å². The number of hydrogen-bond donors (Lipinski definition) is 6. The molecule has 3 heterocycles. The number of benzene rings is 5. The highest BCUT2D eigenvalue weighted by Gasteiger charge is 2.65. The van der Waals surface area contributed by atoms with E-state index in [1.807, 2.05) is 6.07 Å². The molecule has 3 fully saturated rings. The van der Waals surface area contributed by atoms with Gasteiger partial charge < -0.3 is 53.7 Å². The van der Waals surface area contributed by atoms with Gasteiger partial charge in [0.25, 0.3) is 16.8 Å². The highest BCUT2D eigenvalue weighted by Crippen LogP contribution is 2.54. The minimum atomic E-state index is -5.00. The molecule has 6 aliphatic rings. The molecule has 11 rings (SSSR count). The second-order valence-corrected chi connectivity index (χ2v) is 32.1. The van der Waals surface area contributed by atoms with E-state index in [1.54, 1.807) is 68.4 Å². The molecule has 3 aliphatic carbocycles. The summed E-state index contributed by atoms with van der Waals surface area (Å²) in [6.45, 7) is 11.2. The summed E-state index contributed by atoms with van der Waals surface area (Å²) >= 11 is 18.4. The van der Waals surface area contributed by atoms with Gasteiger partial charge in [0.2, 0.25) is 0 Å². The van der Waals surface area contributed by atoms with Crippen LogP contribution in [0.15, 0.2) is 97.1 Å². The number of alkyl halides is 9. The van der Waals surface area contributed by atoms with Gasteiger partial charge in [0.15, 0.2) is 12.2 Å². The van der Waals surface area contributed by atoms with Gasteiger partial charge in [0.1, 0.15) is 17.8 Å². The summed E-state index contributed by atoms with van der Waals surface area (Å²) in [6, 6.07) is 24.1. The number of aliphatic hydroxyl groups is 1. The van der Waals surface area contributed by atoms with Gasteiger partial charge in [-0.15, -0.1) is 8.58 Å². The van der Waals surface area contributed by atoms with Crippen LogP contribution in [0.2, 0.25) is 15.1 Å². The second kappa shape index (κ2) is 41.0. The Morgan fingerprint density at radius 3 is 1.24 bits per heavy atom. The van der Waals surface area contributed by atoms with Gasteiger partial charge in [0.05, 0.1) is 42.6 Å². The molecule has 3 aliphatic heterocycles. The van der Waals surface area contributed by atoms with Gasteiger partial charge in [-0.05, 0) is 194 Å². The first-order chi connectivity index (χ1) is 53.8. The van der Waals surface area contributed by atoms with Gasteiger partial charge in [-0.3, -0.25) is 25.0 Å². The van der Waals surface area contributed by atoms with Crippen LogP contribution in [0.4, 0.5) is 71.0 Å². The maximum Gasteiger partial charge on any atom is 0.445 e. The Labute approximate surface area is 668 Å².